The van der Waals surface area contributed by atoms with Gasteiger partial charge in [0.2, 0.25) is 0 Å². The van der Waals surface area contributed by atoms with Gasteiger partial charge in [-0.25, -0.2) is 4.98 Å². The molecule has 1 aliphatic rings. The highest BCUT2D eigenvalue weighted by Crippen LogP contribution is 2.21. The molecule has 3 rings (SSSR count). The van der Waals surface area contributed by atoms with Crippen molar-refractivity contribution in [1.29, 1.82) is 0 Å². The Morgan fingerprint density at radius 1 is 1.04 bits per heavy atom. The molecule has 4 nitrogen and oxygen atoms in total. The average Bonchev–Trinajstić information content (AvgIpc) is 2.54. The van der Waals surface area contributed by atoms with Gasteiger partial charge >= 0.3 is 0 Å². The minimum Gasteiger partial charge on any atom is -0.353 e. The van der Waals surface area contributed by atoms with Crippen LogP contribution in [0.25, 0.3) is 0 Å². The first-order valence-electron chi connectivity index (χ1n) is 7.15. The van der Waals surface area contributed by atoms with Gasteiger partial charge in [-0.3, -0.25) is 4.79 Å². The van der Waals surface area contributed by atoms with Crippen LogP contribution in [-0.2, 0) is 0 Å². The zero-order chi connectivity index (χ0) is 16.4. The van der Waals surface area contributed by atoms with Gasteiger partial charge in [-0.1, -0.05) is 23.2 Å². The topological polar surface area (TPSA) is 36.4 Å². The van der Waals surface area contributed by atoms with Crippen molar-refractivity contribution in [3.63, 3.8) is 0 Å². The molecule has 1 amide bonds. The fourth-order valence-corrected chi connectivity index (χ4v) is 3.31. The average molecular weight is 415 g/mol. The van der Waals surface area contributed by atoms with Crippen LogP contribution >= 0.6 is 39.1 Å². The quantitative estimate of drug-likeness (QED) is 0.741. The third-order valence-electron chi connectivity index (χ3n) is 3.71. The van der Waals surface area contributed by atoms with Gasteiger partial charge in [0.15, 0.2) is 0 Å². The lowest BCUT2D eigenvalue weighted by Gasteiger charge is -2.35. The number of pyridine rings is 1. The van der Waals surface area contributed by atoms with E-state index in [9.17, 15) is 4.79 Å². The number of carbonyl (C=O) groups is 1. The van der Waals surface area contributed by atoms with E-state index in [1.54, 1.807) is 24.4 Å². The number of hydrogen-bond acceptors (Lipinski definition) is 3. The molecule has 0 saturated carbocycles. The van der Waals surface area contributed by atoms with Gasteiger partial charge in [0.1, 0.15) is 5.82 Å². The second kappa shape index (κ2) is 7.07. The molecule has 0 bridgehead atoms. The smallest absolute Gasteiger partial charge is 0.254 e. The van der Waals surface area contributed by atoms with Crippen LogP contribution in [0, 0.1) is 0 Å². The number of amides is 1. The van der Waals surface area contributed by atoms with E-state index in [1.165, 1.54) is 0 Å². The Kier molecular flexibility index (Phi) is 5.09. The molecule has 0 atom stereocenters. The van der Waals surface area contributed by atoms with Crippen molar-refractivity contribution in [1.82, 2.24) is 9.88 Å². The zero-order valence-corrected chi connectivity index (χ0v) is 15.3. The van der Waals surface area contributed by atoms with Crippen LogP contribution in [-0.4, -0.2) is 42.0 Å². The minimum absolute atomic E-state index is 0.0437. The number of hydrogen-bond donors (Lipinski definition) is 0. The maximum Gasteiger partial charge on any atom is 0.254 e. The van der Waals surface area contributed by atoms with E-state index in [-0.39, 0.29) is 5.91 Å². The van der Waals surface area contributed by atoms with E-state index in [2.05, 4.69) is 25.8 Å². The van der Waals surface area contributed by atoms with E-state index in [0.29, 0.717) is 28.7 Å². The number of benzene rings is 1. The first-order chi connectivity index (χ1) is 11.0. The van der Waals surface area contributed by atoms with E-state index >= 15 is 0 Å². The summed E-state index contributed by atoms with van der Waals surface area (Å²) in [6.07, 6.45) is 1.78. The molecule has 120 valence electrons. The minimum atomic E-state index is -0.0437. The number of rotatable bonds is 2. The second-order valence-electron chi connectivity index (χ2n) is 5.27. The molecule has 1 aromatic heterocycles. The molecule has 0 spiro atoms. The Morgan fingerprint density at radius 2 is 1.70 bits per heavy atom. The summed E-state index contributed by atoms with van der Waals surface area (Å²) in [5.74, 6) is 0.879. The molecule has 2 aromatic rings. The third kappa shape index (κ3) is 3.97. The summed E-state index contributed by atoms with van der Waals surface area (Å²) < 4.78 is 0.952. The number of piperazine rings is 1. The summed E-state index contributed by atoms with van der Waals surface area (Å²) in [4.78, 5) is 20.9. The van der Waals surface area contributed by atoms with Crippen molar-refractivity contribution in [2.45, 2.75) is 0 Å². The van der Waals surface area contributed by atoms with Crippen LogP contribution in [0.3, 0.4) is 0 Å². The number of anilines is 1. The van der Waals surface area contributed by atoms with Crippen molar-refractivity contribution in [3.8, 4) is 0 Å². The molecule has 0 aliphatic carbocycles. The van der Waals surface area contributed by atoms with E-state index in [0.717, 1.165) is 23.4 Å². The molecule has 1 aromatic carbocycles. The van der Waals surface area contributed by atoms with Gasteiger partial charge in [-0.2, -0.15) is 0 Å². The molecule has 7 heteroatoms. The Bertz CT molecular complexity index is 696. The van der Waals surface area contributed by atoms with Crippen LogP contribution in [0.2, 0.25) is 10.0 Å². The zero-order valence-electron chi connectivity index (χ0n) is 12.2. The summed E-state index contributed by atoms with van der Waals surface area (Å²) >= 11 is 15.3. The van der Waals surface area contributed by atoms with Crippen LogP contribution in [0.1, 0.15) is 10.4 Å². The first kappa shape index (κ1) is 16.6. The van der Waals surface area contributed by atoms with Gasteiger partial charge in [0, 0.05) is 52.5 Å². The molecule has 1 fully saturated rings. The van der Waals surface area contributed by atoms with Crippen LogP contribution in [0.4, 0.5) is 5.82 Å². The number of aromatic nitrogens is 1. The second-order valence-corrected chi connectivity index (χ2v) is 7.06. The van der Waals surface area contributed by atoms with Gasteiger partial charge < -0.3 is 9.80 Å². The summed E-state index contributed by atoms with van der Waals surface area (Å²) in [6, 6.07) is 8.86. The lowest BCUT2D eigenvalue weighted by Crippen LogP contribution is -2.49. The van der Waals surface area contributed by atoms with Crippen molar-refractivity contribution >= 4 is 50.9 Å². The lowest BCUT2D eigenvalue weighted by molar-refractivity contribution is 0.0746. The van der Waals surface area contributed by atoms with Crippen molar-refractivity contribution in [2.24, 2.45) is 0 Å². The Hall–Kier alpha value is -1.30. The Morgan fingerprint density at radius 3 is 2.26 bits per heavy atom. The highest BCUT2D eigenvalue weighted by atomic mass is 79.9. The standard InChI is InChI=1S/C16H14BrCl2N3O/c17-12-1-2-15(20-10-12)21-3-5-22(6-4-21)16(23)11-7-13(18)9-14(19)8-11/h1-2,7-10H,3-6H2. The molecule has 0 unspecified atom stereocenters. The van der Waals surface area contributed by atoms with E-state index < -0.39 is 0 Å². The molecule has 2 heterocycles. The van der Waals surface area contributed by atoms with Crippen molar-refractivity contribution in [3.05, 3.63) is 56.6 Å². The Balaban J connectivity index is 1.66. The third-order valence-corrected chi connectivity index (χ3v) is 4.62. The summed E-state index contributed by atoms with van der Waals surface area (Å²) in [7, 11) is 0. The highest BCUT2D eigenvalue weighted by molar-refractivity contribution is 9.10. The first-order valence-corrected chi connectivity index (χ1v) is 8.70. The fourth-order valence-electron chi connectivity index (χ4n) is 2.55. The van der Waals surface area contributed by atoms with Crippen molar-refractivity contribution < 1.29 is 4.79 Å². The highest BCUT2D eigenvalue weighted by Gasteiger charge is 2.23. The van der Waals surface area contributed by atoms with Gasteiger partial charge in [-0.15, -0.1) is 0 Å². The number of halogens is 3. The van der Waals surface area contributed by atoms with Crippen LogP contribution < -0.4 is 4.90 Å². The van der Waals surface area contributed by atoms with Gasteiger partial charge in [0.05, 0.1) is 0 Å². The normalized spacial score (nSPS) is 14.9. The maximum absolute atomic E-state index is 12.6. The molecule has 0 N–H and O–H groups in total. The molecular formula is C16H14BrCl2N3O. The fraction of sp³-hybridized carbons (Fsp3) is 0.250. The number of nitrogens with zero attached hydrogens (tertiary/aromatic N) is 3. The molecule has 1 saturated heterocycles. The van der Waals surface area contributed by atoms with E-state index in [4.69, 9.17) is 23.2 Å². The van der Waals surface area contributed by atoms with Crippen LogP contribution in [0.5, 0.6) is 0 Å². The maximum atomic E-state index is 12.6. The molecule has 0 radical (unpaired) electrons. The SMILES string of the molecule is O=C(c1cc(Cl)cc(Cl)c1)N1CCN(c2ccc(Br)cn2)CC1. The van der Waals surface area contributed by atoms with Gasteiger partial charge in [-0.05, 0) is 46.3 Å². The molecule has 23 heavy (non-hydrogen) atoms. The largest absolute Gasteiger partial charge is 0.353 e. The Labute approximate surface area is 153 Å². The van der Waals surface area contributed by atoms with Gasteiger partial charge in [0.25, 0.3) is 5.91 Å². The van der Waals surface area contributed by atoms with E-state index in [1.807, 2.05) is 17.0 Å². The molecular weight excluding hydrogens is 401 g/mol. The monoisotopic (exact) mass is 413 g/mol. The summed E-state index contributed by atoms with van der Waals surface area (Å²) in [5.41, 5.74) is 0.526. The summed E-state index contributed by atoms with van der Waals surface area (Å²) in [6.45, 7) is 2.77. The summed E-state index contributed by atoms with van der Waals surface area (Å²) in [5, 5.41) is 0.942. The molecule has 1 aliphatic heterocycles. The lowest BCUT2D eigenvalue weighted by atomic mass is 10.2. The number of carbonyl (C=O) groups excluding carboxylic acids is 1. The van der Waals surface area contributed by atoms with Crippen molar-refractivity contribution in [2.75, 3.05) is 31.1 Å². The predicted octanol–water partition coefficient (Wildman–Crippen LogP) is 4.11. The predicted molar refractivity (Wildman–Crippen MR) is 96.5 cm³/mol. The van der Waals surface area contributed by atoms with Crippen LogP contribution in [0.15, 0.2) is 41.0 Å².